The number of halogens is 1. The molecule has 2 rings (SSSR count). The van der Waals surface area contributed by atoms with Crippen LogP contribution in [0.2, 0.25) is 5.02 Å². The lowest BCUT2D eigenvalue weighted by Gasteiger charge is -2.19. The number of esters is 1. The second-order valence-electron chi connectivity index (χ2n) is 6.83. The van der Waals surface area contributed by atoms with Crippen molar-refractivity contribution in [2.24, 2.45) is 0 Å². The highest BCUT2D eigenvalue weighted by Crippen LogP contribution is 2.26. The number of carbonyl (C=O) groups is 2. The highest BCUT2D eigenvalue weighted by atomic mass is 35.5. The zero-order valence-corrected chi connectivity index (χ0v) is 19.8. The minimum Gasteiger partial charge on any atom is -0.492 e. The molecular weight excluding hydrogens is 456 g/mol. The number of ether oxygens (including phenoxy) is 2. The van der Waals surface area contributed by atoms with Gasteiger partial charge in [-0.1, -0.05) is 37.6 Å². The van der Waals surface area contributed by atoms with Gasteiger partial charge in [0, 0.05) is 13.1 Å². The Labute approximate surface area is 193 Å². The van der Waals surface area contributed by atoms with E-state index in [1.807, 2.05) is 31.2 Å². The summed E-state index contributed by atoms with van der Waals surface area (Å²) in [6.07, 6.45) is 0. The second kappa shape index (κ2) is 11.8. The average molecular weight is 483 g/mol. The molecule has 10 heteroatoms. The molecule has 0 spiro atoms. The summed E-state index contributed by atoms with van der Waals surface area (Å²) in [4.78, 5) is 24.1. The molecule has 0 bridgehead atoms. The van der Waals surface area contributed by atoms with Crippen LogP contribution in [0.3, 0.4) is 0 Å². The van der Waals surface area contributed by atoms with E-state index in [0.29, 0.717) is 5.75 Å². The zero-order valence-electron chi connectivity index (χ0n) is 18.3. The number of nitrogens with zero attached hydrogens (tertiary/aromatic N) is 1. The van der Waals surface area contributed by atoms with Crippen LogP contribution in [-0.4, -0.2) is 57.4 Å². The van der Waals surface area contributed by atoms with Gasteiger partial charge in [-0.3, -0.25) is 4.79 Å². The molecule has 0 heterocycles. The predicted molar refractivity (Wildman–Crippen MR) is 122 cm³/mol. The first-order chi connectivity index (χ1) is 15.2. The molecule has 32 heavy (non-hydrogen) atoms. The molecule has 0 aromatic heterocycles. The van der Waals surface area contributed by atoms with Crippen LogP contribution in [0, 0.1) is 6.92 Å². The third-order valence-electron chi connectivity index (χ3n) is 4.51. The van der Waals surface area contributed by atoms with Crippen LogP contribution in [0.5, 0.6) is 5.75 Å². The summed E-state index contributed by atoms with van der Waals surface area (Å²) >= 11 is 6.06. The van der Waals surface area contributed by atoms with Crippen molar-refractivity contribution < 1.29 is 27.5 Å². The monoisotopic (exact) mass is 482 g/mol. The summed E-state index contributed by atoms with van der Waals surface area (Å²) in [7, 11) is -3.86. The maximum atomic E-state index is 12.7. The first kappa shape index (κ1) is 25.6. The first-order valence-corrected chi connectivity index (χ1v) is 11.9. The van der Waals surface area contributed by atoms with Gasteiger partial charge in [-0.2, -0.15) is 4.31 Å². The molecule has 8 nitrogen and oxygen atoms in total. The van der Waals surface area contributed by atoms with E-state index in [-0.39, 0.29) is 41.7 Å². The lowest BCUT2D eigenvalue weighted by atomic mass is 10.2. The van der Waals surface area contributed by atoms with E-state index in [1.165, 1.54) is 16.4 Å². The Morgan fingerprint density at radius 1 is 1.09 bits per heavy atom. The highest BCUT2D eigenvalue weighted by Gasteiger charge is 2.26. The molecule has 0 aliphatic carbocycles. The summed E-state index contributed by atoms with van der Waals surface area (Å²) in [6.45, 7) is 5.87. The number of nitrogens with one attached hydrogen (secondary N) is 1. The fourth-order valence-corrected chi connectivity index (χ4v) is 4.82. The van der Waals surface area contributed by atoms with Gasteiger partial charge >= 0.3 is 5.97 Å². The molecule has 0 fully saturated rings. The number of benzene rings is 2. The normalized spacial score (nSPS) is 11.3. The smallest absolute Gasteiger partial charge is 0.338 e. The highest BCUT2D eigenvalue weighted by molar-refractivity contribution is 7.89. The zero-order chi connectivity index (χ0) is 23.7. The maximum absolute atomic E-state index is 12.7. The van der Waals surface area contributed by atoms with Crippen LogP contribution in [0.15, 0.2) is 47.4 Å². The molecule has 1 amide bonds. The topological polar surface area (TPSA) is 102 Å². The molecule has 0 unspecified atom stereocenters. The summed E-state index contributed by atoms with van der Waals surface area (Å²) < 4.78 is 37.2. The molecule has 0 aliphatic rings. The van der Waals surface area contributed by atoms with Crippen molar-refractivity contribution in [2.75, 3.05) is 32.8 Å². The second-order valence-corrected chi connectivity index (χ2v) is 9.14. The van der Waals surface area contributed by atoms with Gasteiger partial charge in [0.15, 0.2) is 6.61 Å². The number of hydrogen-bond acceptors (Lipinski definition) is 6. The molecule has 0 saturated carbocycles. The van der Waals surface area contributed by atoms with Crippen molar-refractivity contribution in [3.63, 3.8) is 0 Å². The third kappa shape index (κ3) is 6.94. The molecule has 2 aromatic rings. The number of amides is 1. The fraction of sp³-hybridized carbons (Fsp3) is 0.364. The average Bonchev–Trinajstić information content (AvgIpc) is 2.76. The lowest BCUT2D eigenvalue weighted by molar-refractivity contribution is -0.124. The summed E-state index contributed by atoms with van der Waals surface area (Å²) in [5, 5.41) is 2.58. The van der Waals surface area contributed by atoms with E-state index >= 15 is 0 Å². The molecular formula is C22H27ClN2O6S. The number of rotatable bonds is 11. The van der Waals surface area contributed by atoms with Gasteiger partial charge in [-0.15, -0.1) is 0 Å². The van der Waals surface area contributed by atoms with Crippen LogP contribution in [-0.2, 0) is 19.6 Å². The Kier molecular flexibility index (Phi) is 9.49. The van der Waals surface area contributed by atoms with Gasteiger partial charge in [-0.25, -0.2) is 13.2 Å². The lowest BCUT2D eigenvalue weighted by Crippen LogP contribution is -2.32. The van der Waals surface area contributed by atoms with Gasteiger partial charge in [0.25, 0.3) is 5.91 Å². The van der Waals surface area contributed by atoms with E-state index < -0.39 is 28.5 Å². The molecule has 2 aromatic carbocycles. The van der Waals surface area contributed by atoms with Gasteiger partial charge in [0.1, 0.15) is 17.3 Å². The van der Waals surface area contributed by atoms with Crippen molar-refractivity contribution in [2.45, 2.75) is 25.7 Å². The van der Waals surface area contributed by atoms with Gasteiger partial charge in [-0.05, 0) is 42.8 Å². The van der Waals surface area contributed by atoms with Gasteiger partial charge in [0.2, 0.25) is 10.0 Å². The maximum Gasteiger partial charge on any atom is 0.338 e. The number of carbonyl (C=O) groups excluding carboxylic acids is 2. The largest absolute Gasteiger partial charge is 0.492 e. The van der Waals surface area contributed by atoms with E-state index in [0.717, 1.165) is 11.6 Å². The summed E-state index contributed by atoms with van der Waals surface area (Å²) in [6, 6.07) is 11.3. The van der Waals surface area contributed by atoms with E-state index in [4.69, 9.17) is 21.1 Å². The van der Waals surface area contributed by atoms with Crippen LogP contribution >= 0.6 is 11.6 Å². The van der Waals surface area contributed by atoms with Crippen LogP contribution in [0.1, 0.15) is 29.8 Å². The minimum absolute atomic E-state index is 0.000183. The Morgan fingerprint density at radius 3 is 2.47 bits per heavy atom. The predicted octanol–water partition coefficient (Wildman–Crippen LogP) is 3.03. The van der Waals surface area contributed by atoms with Crippen LogP contribution < -0.4 is 10.1 Å². The van der Waals surface area contributed by atoms with E-state index in [9.17, 15) is 18.0 Å². The van der Waals surface area contributed by atoms with Gasteiger partial charge in [0.05, 0.1) is 17.1 Å². The molecule has 0 aliphatic heterocycles. The molecule has 174 valence electrons. The summed E-state index contributed by atoms with van der Waals surface area (Å²) in [5.41, 5.74) is 1.05. The number of aryl methyl sites for hydroxylation is 1. The van der Waals surface area contributed by atoms with Crippen molar-refractivity contribution in [1.82, 2.24) is 9.62 Å². The Hall–Kier alpha value is -2.62. The first-order valence-electron chi connectivity index (χ1n) is 10.1. The van der Waals surface area contributed by atoms with Crippen molar-refractivity contribution in [3.8, 4) is 5.75 Å². The molecule has 0 saturated heterocycles. The van der Waals surface area contributed by atoms with E-state index in [1.54, 1.807) is 13.8 Å². The van der Waals surface area contributed by atoms with Crippen LogP contribution in [0.4, 0.5) is 0 Å². The standard InChI is InChI=1S/C22H27ClN2O6S/c1-4-25(5-2)32(28,29)20-14-17(9-10-19(20)23)22(27)31-15-21(26)24-11-12-30-18-8-6-7-16(3)13-18/h6-10,13-14H,4-5,11-12,15H2,1-3H3,(H,24,26). The fourth-order valence-electron chi connectivity index (χ4n) is 2.86. The van der Waals surface area contributed by atoms with Crippen molar-refractivity contribution in [3.05, 3.63) is 58.6 Å². The Balaban J connectivity index is 1.89. The molecule has 0 radical (unpaired) electrons. The van der Waals surface area contributed by atoms with Crippen molar-refractivity contribution >= 4 is 33.5 Å². The Morgan fingerprint density at radius 2 is 1.81 bits per heavy atom. The number of hydrogen-bond donors (Lipinski definition) is 1. The third-order valence-corrected chi connectivity index (χ3v) is 7.04. The van der Waals surface area contributed by atoms with Gasteiger partial charge < -0.3 is 14.8 Å². The molecule has 0 atom stereocenters. The Bertz CT molecular complexity index is 1050. The quantitative estimate of drug-likeness (QED) is 0.390. The minimum atomic E-state index is -3.86. The van der Waals surface area contributed by atoms with Crippen LogP contribution in [0.25, 0.3) is 0 Å². The number of sulfonamides is 1. The summed E-state index contributed by atoms with van der Waals surface area (Å²) in [5.74, 6) is -0.635. The van der Waals surface area contributed by atoms with Crippen molar-refractivity contribution in [1.29, 1.82) is 0 Å². The SMILES string of the molecule is CCN(CC)S(=O)(=O)c1cc(C(=O)OCC(=O)NCCOc2cccc(C)c2)ccc1Cl. The molecule has 1 N–H and O–H groups in total. The van der Waals surface area contributed by atoms with E-state index in [2.05, 4.69) is 5.32 Å².